The molecule has 0 N–H and O–H groups in total. The van der Waals surface area contributed by atoms with Crippen molar-refractivity contribution < 1.29 is 4.52 Å². The average molecular weight is 355 g/mol. The predicted octanol–water partition coefficient (Wildman–Crippen LogP) is 4.49. The van der Waals surface area contributed by atoms with Crippen molar-refractivity contribution >= 4 is 22.7 Å². The fraction of sp³-hybridized carbons (Fsp3) is 0.421. The van der Waals surface area contributed by atoms with Gasteiger partial charge in [0.15, 0.2) is 5.16 Å². The van der Waals surface area contributed by atoms with Crippen LogP contribution in [0.25, 0.3) is 10.9 Å². The Kier molecular flexibility index (Phi) is 4.61. The molecule has 1 saturated carbocycles. The summed E-state index contributed by atoms with van der Waals surface area (Å²) in [7, 11) is 0. The molecule has 130 valence electrons. The molecule has 0 amide bonds. The topological polar surface area (TPSA) is 60.9 Å². The number of rotatable bonds is 4. The van der Waals surface area contributed by atoms with E-state index in [0.29, 0.717) is 11.1 Å². The van der Waals surface area contributed by atoms with Crippen LogP contribution in [0.3, 0.4) is 0 Å². The van der Waals surface area contributed by atoms with Crippen molar-refractivity contribution in [1.29, 1.82) is 0 Å². The quantitative estimate of drug-likeness (QED) is 0.510. The van der Waals surface area contributed by atoms with E-state index in [1.807, 2.05) is 41.8 Å². The molecule has 1 aromatic carbocycles. The summed E-state index contributed by atoms with van der Waals surface area (Å²) in [6.07, 6.45) is 5.71. The first-order chi connectivity index (χ1) is 12.2. The Morgan fingerprint density at radius 1 is 1.24 bits per heavy atom. The van der Waals surface area contributed by atoms with Crippen molar-refractivity contribution in [3.8, 4) is 0 Å². The molecule has 1 aliphatic carbocycles. The molecule has 0 bridgehead atoms. The number of para-hydroxylation sites is 1. The molecular formula is C19H21N3O2S. The zero-order valence-corrected chi connectivity index (χ0v) is 15.1. The lowest BCUT2D eigenvalue weighted by Crippen LogP contribution is -2.29. The smallest absolute Gasteiger partial charge is 0.262 e. The summed E-state index contributed by atoms with van der Waals surface area (Å²) in [6.45, 7) is 1.91. The number of fused-ring (bicyclic) bond motifs is 1. The molecule has 0 spiro atoms. The van der Waals surface area contributed by atoms with Crippen LogP contribution in [-0.4, -0.2) is 14.7 Å². The summed E-state index contributed by atoms with van der Waals surface area (Å²) in [6, 6.07) is 9.78. The van der Waals surface area contributed by atoms with Crippen LogP contribution >= 0.6 is 11.8 Å². The molecule has 1 fully saturated rings. The summed E-state index contributed by atoms with van der Waals surface area (Å²) >= 11 is 1.55. The molecule has 1 aliphatic rings. The Morgan fingerprint density at radius 3 is 2.80 bits per heavy atom. The minimum Gasteiger partial charge on any atom is -0.360 e. The molecule has 0 atom stereocenters. The van der Waals surface area contributed by atoms with E-state index in [9.17, 15) is 4.79 Å². The minimum absolute atomic E-state index is 0.0775. The van der Waals surface area contributed by atoms with Gasteiger partial charge in [0.05, 0.1) is 22.3 Å². The fourth-order valence-electron chi connectivity index (χ4n) is 3.51. The van der Waals surface area contributed by atoms with Crippen molar-refractivity contribution in [2.75, 3.05) is 0 Å². The number of benzene rings is 1. The maximum Gasteiger partial charge on any atom is 0.262 e. The van der Waals surface area contributed by atoms with E-state index in [-0.39, 0.29) is 11.6 Å². The number of hydrogen-bond donors (Lipinski definition) is 0. The number of thioether (sulfide) groups is 1. The van der Waals surface area contributed by atoms with Crippen molar-refractivity contribution in [2.45, 2.75) is 56.0 Å². The summed E-state index contributed by atoms with van der Waals surface area (Å²) in [5.41, 5.74) is 1.70. The normalized spacial score (nSPS) is 15.7. The van der Waals surface area contributed by atoms with E-state index in [1.54, 1.807) is 11.8 Å². The van der Waals surface area contributed by atoms with E-state index in [1.165, 1.54) is 19.3 Å². The highest BCUT2D eigenvalue weighted by atomic mass is 32.2. The van der Waals surface area contributed by atoms with Gasteiger partial charge in [0.2, 0.25) is 0 Å². The first kappa shape index (κ1) is 16.4. The zero-order valence-electron chi connectivity index (χ0n) is 14.3. The number of aryl methyl sites for hydroxylation is 1. The molecule has 25 heavy (non-hydrogen) atoms. The van der Waals surface area contributed by atoms with E-state index < -0.39 is 0 Å². The van der Waals surface area contributed by atoms with Gasteiger partial charge in [-0.3, -0.25) is 9.36 Å². The van der Waals surface area contributed by atoms with Gasteiger partial charge in [-0.05, 0) is 31.9 Å². The largest absolute Gasteiger partial charge is 0.360 e. The van der Waals surface area contributed by atoms with Crippen LogP contribution in [0.1, 0.15) is 49.6 Å². The van der Waals surface area contributed by atoms with Gasteiger partial charge in [-0.1, -0.05) is 48.3 Å². The first-order valence-corrected chi connectivity index (χ1v) is 9.77. The standard InChI is InChI=1S/C19H21N3O2S/c1-13-11-15(24-21-13)12-25-19-20-17-10-6-5-9-16(17)18(23)22(19)14-7-3-2-4-8-14/h5-6,9-11,14H,2-4,7-8,12H2,1H3. The molecule has 0 aliphatic heterocycles. The van der Waals surface area contributed by atoms with Crippen LogP contribution in [0.4, 0.5) is 0 Å². The molecule has 6 heteroatoms. The lowest BCUT2D eigenvalue weighted by atomic mass is 9.95. The number of hydrogen-bond acceptors (Lipinski definition) is 5. The van der Waals surface area contributed by atoms with E-state index in [0.717, 1.165) is 35.0 Å². The van der Waals surface area contributed by atoms with E-state index >= 15 is 0 Å². The lowest BCUT2D eigenvalue weighted by molar-refractivity contribution is 0.326. The van der Waals surface area contributed by atoms with Gasteiger partial charge in [0, 0.05) is 12.1 Å². The molecule has 2 heterocycles. The van der Waals surface area contributed by atoms with Gasteiger partial charge in [0.1, 0.15) is 5.76 Å². The first-order valence-electron chi connectivity index (χ1n) is 8.78. The predicted molar refractivity (Wildman–Crippen MR) is 98.9 cm³/mol. The van der Waals surface area contributed by atoms with Crippen LogP contribution in [-0.2, 0) is 5.75 Å². The van der Waals surface area contributed by atoms with Gasteiger partial charge >= 0.3 is 0 Å². The molecule has 3 aromatic rings. The van der Waals surface area contributed by atoms with Gasteiger partial charge in [-0.25, -0.2) is 4.98 Å². The zero-order chi connectivity index (χ0) is 17.2. The van der Waals surface area contributed by atoms with Gasteiger partial charge in [-0.15, -0.1) is 0 Å². The molecule has 4 rings (SSSR count). The third-order valence-electron chi connectivity index (χ3n) is 4.74. The number of nitrogens with zero attached hydrogens (tertiary/aromatic N) is 3. The maximum absolute atomic E-state index is 13.1. The molecule has 0 unspecified atom stereocenters. The Balaban J connectivity index is 1.75. The van der Waals surface area contributed by atoms with E-state index in [4.69, 9.17) is 9.51 Å². The van der Waals surface area contributed by atoms with Gasteiger partial charge in [0.25, 0.3) is 5.56 Å². The minimum atomic E-state index is 0.0775. The Labute approximate surface area is 150 Å². The van der Waals surface area contributed by atoms with Crippen LogP contribution < -0.4 is 5.56 Å². The van der Waals surface area contributed by atoms with Crippen molar-refractivity contribution in [3.05, 3.63) is 52.1 Å². The van der Waals surface area contributed by atoms with Crippen LogP contribution in [0.2, 0.25) is 0 Å². The van der Waals surface area contributed by atoms with E-state index in [2.05, 4.69) is 5.16 Å². The maximum atomic E-state index is 13.1. The molecule has 2 aromatic heterocycles. The Hall–Kier alpha value is -2.08. The summed E-state index contributed by atoms with van der Waals surface area (Å²) in [5, 5.41) is 5.42. The highest BCUT2D eigenvalue weighted by molar-refractivity contribution is 7.98. The molecule has 5 nitrogen and oxygen atoms in total. The third-order valence-corrected chi connectivity index (χ3v) is 5.71. The summed E-state index contributed by atoms with van der Waals surface area (Å²) in [5.74, 6) is 1.43. The average Bonchev–Trinajstić information content (AvgIpc) is 3.06. The molecular weight excluding hydrogens is 334 g/mol. The molecule has 0 saturated heterocycles. The Morgan fingerprint density at radius 2 is 2.04 bits per heavy atom. The molecule has 0 radical (unpaired) electrons. The lowest BCUT2D eigenvalue weighted by Gasteiger charge is -2.26. The van der Waals surface area contributed by atoms with Gasteiger partial charge < -0.3 is 4.52 Å². The summed E-state index contributed by atoms with van der Waals surface area (Å²) < 4.78 is 7.23. The van der Waals surface area contributed by atoms with Crippen molar-refractivity contribution in [3.63, 3.8) is 0 Å². The Bertz CT molecular complexity index is 941. The third kappa shape index (κ3) is 3.35. The highest BCUT2D eigenvalue weighted by Crippen LogP contribution is 2.32. The monoisotopic (exact) mass is 355 g/mol. The van der Waals surface area contributed by atoms with Crippen molar-refractivity contribution in [2.24, 2.45) is 0 Å². The summed E-state index contributed by atoms with van der Waals surface area (Å²) in [4.78, 5) is 17.9. The number of aromatic nitrogens is 3. The second kappa shape index (κ2) is 7.04. The van der Waals surface area contributed by atoms with Crippen molar-refractivity contribution in [1.82, 2.24) is 14.7 Å². The second-order valence-electron chi connectivity index (χ2n) is 6.60. The second-order valence-corrected chi connectivity index (χ2v) is 7.54. The highest BCUT2D eigenvalue weighted by Gasteiger charge is 2.22. The van der Waals surface area contributed by atoms with Gasteiger partial charge in [-0.2, -0.15) is 0 Å². The van der Waals surface area contributed by atoms with Crippen LogP contribution in [0.5, 0.6) is 0 Å². The van der Waals surface area contributed by atoms with Crippen LogP contribution in [0.15, 0.2) is 44.8 Å². The van der Waals surface area contributed by atoms with Crippen LogP contribution in [0, 0.1) is 6.92 Å². The fourth-order valence-corrected chi connectivity index (χ4v) is 4.45. The SMILES string of the molecule is Cc1cc(CSc2nc3ccccc3c(=O)n2C2CCCCC2)on1.